The van der Waals surface area contributed by atoms with E-state index < -0.39 is 5.97 Å². The molecule has 0 bridgehead atoms. The third-order valence-corrected chi connectivity index (χ3v) is 5.20. The van der Waals surface area contributed by atoms with Gasteiger partial charge in [-0.05, 0) is 50.6 Å². The van der Waals surface area contributed by atoms with E-state index in [1.54, 1.807) is 63.8 Å². The van der Waals surface area contributed by atoms with Crippen LogP contribution in [0.5, 0.6) is 5.75 Å². The molecule has 0 saturated heterocycles. The van der Waals surface area contributed by atoms with Crippen LogP contribution < -0.4 is 4.74 Å². The Morgan fingerprint density at radius 2 is 1.71 bits per heavy atom. The van der Waals surface area contributed by atoms with Gasteiger partial charge in [0.1, 0.15) is 11.4 Å². The van der Waals surface area contributed by atoms with Crippen LogP contribution in [0.15, 0.2) is 24.3 Å². The van der Waals surface area contributed by atoms with Gasteiger partial charge in [0.25, 0.3) is 5.91 Å². The van der Waals surface area contributed by atoms with Gasteiger partial charge in [0.15, 0.2) is 5.78 Å². The molecule has 0 saturated carbocycles. The molecule has 1 aromatic carbocycles. The Bertz CT molecular complexity index is 946. The number of methoxy groups -OCH3 is 2. The van der Waals surface area contributed by atoms with Crippen LogP contribution in [0.1, 0.15) is 49.4 Å². The van der Waals surface area contributed by atoms with Gasteiger partial charge in [-0.25, -0.2) is 4.79 Å². The molecule has 0 fully saturated rings. The van der Waals surface area contributed by atoms with Crippen LogP contribution in [0.25, 0.3) is 0 Å². The molecule has 1 aromatic heterocycles. The van der Waals surface area contributed by atoms with E-state index in [0.717, 1.165) is 0 Å². The Morgan fingerprint density at radius 1 is 1.06 bits per heavy atom. The lowest BCUT2D eigenvalue weighted by molar-refractivity contribution is 0.0514. The summed E-state index contributed by atoms with van der Waals surface area (Å²) in [6.07, 6.45) is 0. The van der Waals surface area contributed by atoms with Gasteiger partial charge in [-0.2, -0.15) is 0 Å². The predicted octanol–water partition coefficient (Wildman–Crippen LogP) is 2.80. The first-order valence-corrected chi connectivity index (χ1v) is 10.0. The molecule has 0 aliphatic heterocycles. The van der Waals surface area contributed by atoms with Crippen LogP contribution in [0.3, 0.4) is 0 Å². The second kappa shape index (κ2) is 10.8. The van der Waals surface area contributed by atoms with Crippen LogP contribution >= 0.6 is 0 Å². The molecule has 0 radical (unpaired) electrons. The Hall–Kier alpha value is -3.13. The number of rotatable bonds is 10. The molecule has 168 valence electrons. The van der Waals surface area contributed by atoms with Crippen molar-refractivity contribution in [2.45, 2.75) is 20.8 Å². The van der Waals surface area contributed by atoms with Gasteiger partial charge in [0.2, 0.25) is 0 Å². The first-order chi connectivity index (χ1) is 14.8. The summed E-state index contributed by atoms with van der Waals surface area (Å²) in [5.41, 5.74) is 2.41. The molecule has 1 amide bonds. The fraction of sp³-hybridized carbons (Fsp3) is 0.435. The highest BCUT2D eigenvalue weighted by Crippen LogP contribution is 2.23. The largest absolute Gasteiger partial charge is 0.497 e. The number of hydrogen-bond donors (Lipinski definition) is 0. The number of amides is 1. The molecule has 0 aliphatic carbocycles. The second-order valence-corrected chi connectivity index (χ2v) is 7.08. The number of ketones is 1. The maximum absolute atomic E-state index is 13.2. The number of carbonyl (C=O) groups excluding carboxylic acids is 3. The Balaban J connectivity index is 2.33. The first kappa shape index (κ1) is 24.1. The lowest BCUT2D eigenvalue weighted by atomic mass is 10.0. The highest BCUT2D eigenvalue weighted by molar-refractivity contribution is 6.06. The van der Waals surface area contributed by atoms with Gasteiger partial charge < -0.3 is 23.7 Å². The normalized spacial score (nSPS) is 10.6. The van der Waals surface area contributed by atoms with E-state index >= 15 is 0 Å². The highest BCUT2D eigenvalue weighted by atomic mass is 16.5. The molecule has 0 aliphatic rings. The topological polar surface area (TPSA) is 87.1 Å². The van der Waals surface area contributed by atoms with Crippen LogP contribution in [0, 0.1) is 13.8 Å². The number of benzene rings is 1. The average Bonchev–Trinajstić information content (AvgIpc) is 2.98. The number of esters is 1. The number of nitrogens with zero attached hydrogens (tertiary/aromatic N) is 2. The summed E-state index contributed by atoms with van der Waals surface area (Å²) >= 11 is 0. The van der Waals surface area contributed by atoms with Crippen molar-refractivity contribution < 1.29 is 28.6 Å². The zero-order valence-electron chi connectivity index (χ0n) is 19.0. The fourth-order valence-corrected chi connectivity index (χ4v) is 3.50. The van der Waals surface area contributed by atoms with Crippen LogP contribution in [-0.4, -0.2) is 67.6 Å². The molecule has 2 aromatic rings. The molecule has 0 unspecified atom stereocenters. The maximum Gasteiger partial charge on any atom is 0.355 e. The summed E-state index contributed by atoms with van der Waals surface area (Å²) in [6.45, 7) is 5.87. The number of hydrogen-bond acceptors (Lipinski definition) is 6. The maximum atomic E-state index is 13.2. The van der Waals surface area contributed by atoms with E-state index in [1.165, 1.54) is 12.0 Å². The summed E-state index contributed by atoms with van der Waals surface area (Å²) in [4.78, 5) is 40.1. The lowest BCUT2D eigenvalue weighted by Crippen LogP contribution is -2.38. The quantitative estimate of drug-likeness (QED) is 0.426. The molecule has 1 heterocycles. The molecule has 8 heteroatoms. The third kappa shape index (κ3) is 5.32. The lowest BCUT2D eigenvalue weighted by Gasteiger charge is -2.22. The number of aromatic nitrogens is 1. The number of carbonyl (C=O) groups is 3. The van der Waals surface area contributed by atoms with Crippen molar-refractivity contribution in [2.24, 2.45) is 7.05 Å². The highest BCUT2D eigenvalue weighted by Gasteiger charge is 2.28. The number of Topliss-reactive ketones (excluding diaryl/α,β-unsaturated/α-hetero) is 1. The van der Waals surface area contributed by atoms with Crippen molar-refractivity contribution in [1.82, 2.24) is 9.47 Å². The van der Waals surface area contributed by atoms with Crippen molar-refractivity contribution in [3.63, 3.8) is 0 Å². The van der Waals surface area contributed by atoms with E-state index in [9.17, 15) is 14.4 Å². The second-order valence-electron chi connectivity index (χ2n) is 7.08. The molecule has 0 N–H and O–H groups in total. The minimum atomic E-state index is -0.477. The third-order valence-electron chi connectivity index (χ3n) is 5.20. The fourth-order valence-electron chi connectivity index (χ4n) is 3.50. The Morgan fingerprint density at radius 3 is 2.26 bits per heavy atom. The summed E-state index contributed by atoms with van der Waals surface area (Å²) in [5, 5.41) is 0. The van der Waals surface area contributed by atoms with Crippen molar-refractivity contribution in [2.75, 3.05) is 40.5 Å². The van der Waals surface area contributed by atoms with Gasteiger partial charge in [0.05, 0.1) is 26.9 Å². The van der Waals surface area contributed by atoms with Crippen molar-refractivity contribution in [1.29, 1.82) is 0 Å². The first-order valence-electron chi connectivity index (χ1n) is 10.0. The monoisotopic (exact) mass is 430 g/mol. The smallest absolute Gasteiger partial charge is 0.355 e. The molecule has 0 atom stereocenters. The summed E-state index contributed by atoms with van der Waals surface area (Å²) < 4.78 is 17.0. The van der Waals surface area contributed by atoms with Crippen LogP contribution in [0.4, 0.5) is 0 Å². The zero-order chi connectivity index (χ0) is 23.1. The molecule has 0 spiro atoms. The van der Waals surface area contributed by atoms with Crippen molar-refractivity contribution >= 4 is 17.7 Å². The van der Waals surface area contributed by atoms with Gasteiger partial charge in [-0.1, -0.05) is 0 Å². The van der Waals surface area contributed by atoms with E-state index in [1.807, 2.05) is 0 Å². The van der Waals surface area contributed by atoms with Crippen molar-refractivity contribution in [3.8, 4) is 5.75 Å². The Labute approximate surface area is 182 Å². The standard InChI is InChI=1S/C23H30N2O6/c1-7-31-23(28)21-15(2)20(16(3)24(21)4)19(26)14-25(12-13-29-5)22(27)17-8-10-18(30-6)11-9-17/h8-11H,7,12-14H2,1-6H3. The molecule has 2 rings (SSSR count). The van der Waals surface area contributed by atoms with Crippen LogP contribution in [-0.2, 0) is 16.5 Å². The van der Waals surface area contributed by atoms with Gasteiger partial charge in [0, 0.05) is 37.5 Å². The molecule has 8 nitrogen and oxygen atoms in total. The van der Waals surface area contributed by atoms with E-state index in [2.05, 4.69) is 0 Å². The van der Waals surface area contributed by atoms with E-state index in [0.29, 0.717) is 33.8 Å². The summed E-state index contributed by atoms with van der Waals surface area (Å²) in [6, 6.07) is 6.70. The van der Waals surface area contributed by atoms with E-state index in [4.69, 9.17) is 14.2 Å². The van der Waals surface area contributed by atoms with Gasteiger partial charge >= 0.3 is 5.97 Å². The van der Waals surface area contributed by atoms with Crippen LogP contribution in [0.2, 0.25) is 0 Å². The van der Waals surface area contributed by atoms with Gasteiger partial charge in [-0.15, -0.1) is 0 Å². The van der Waals surface area contributed by atoms with Crippen molar-refractivity contribution in [3.05, 3.63) is 52.3 Å². The Kier molecular flexibility index (Phi) is 8.38. The number of ether oxygens (including phenoxy) is 3. The summed E-state index contributed by atoms with van der Waals surface area (Å²) in [5.74, 6) is -0.377. The average molecular weight is 431 g/mol. The predicted molar refractivity (Wildman–Crippen MR) is 116 cm³/mol. The molecular weight excluding hydrogens is 400 g/mol. The van der Waals surface area contributed by atoms with Gasteiger partial charge in [-0.3, -0.25) is 9.59 Å². The zero-order valence-corrected chi connectivity index (χ0v) is 19.0. The molecular formula is C23H30N2O6. The summed E-state index contributed by atoms with van der Waals surface area (Å²) in [7, 11) is 4.81. The van der Waals surface area contributed by atoms with E-state index in [-0.39, 0.29) is 38.0 Å². The SMILES string of the molecule is CCOC(=O)c1c(C)c(C(=O)CN(CCOC)C(=O)c2ccc(OC)cc2)c(C)n1C. The molecule has 31 heavy (non-hydrogen) atoms. The minimum absolute atomic E-state index is 0.137. The minimum Gasteiger partial charge on any atom is -0.497 e.